The van der Waals surface area contributed by atoms with Gasteiger partial charge in [-0.2, -0.15) is 0 Å². The lowest BCUT2D eigenvalue weighted by atomic mass is 9.79. The molecule has 47 heavy (non-hydrogen) atoms. The van der Waals surface area contributed by atoms with Gasteiger partial charge >= 0.3 is 0 Å². The Labute approximate surface area is 291 Å². The third-order valence-electron chi connectivity index (χ3n) is 8.78. The number of aromatic hydroxyl groups is 1. The predicted octanol–water partition coefficient (Wildman–Crippen LogP) is 9.90. The average molecular weight is 678 g/mol. The van der Waals surface area contributed by atoms with Crippen LogP contribution in [0.3, 0.4) is 0 Å². The molecular weight excluding hydrogens is 623 g/mol. The summed E-state index contributed by atoms with van der Waals surface area (Å²) < 4.78 is 5.82. The Morgan fingerprint density at radius 3 is 1.53 bits per heavy atom. The number of carbonyl (C=O) groups excluding carboxylic acids is 1. The van der Waals surface area contributed by atoms with E-state index in [-0.39, 0.29) is 31.6 Å². The number of methoxy groups -OCH3 is 1. The molecule has 1 aliphatic heterocycles. The van der Waals surface area contributed by atoms with Crippen molar-refractivity contribution in [3.63, 3.8) is 0 Å². The van der Waals surface area contributed by atoms with Crippen molar-refractivity contribution in [1.82, 2.24) is 14.9 Å². The number of phenols is 1. The van der Waals surface area contributed by atoms with Crippen LogP contribution in [0.15, 0.2) is 52.6 Å². The number of rotatable bonds is 6. The van der Waals surface area contributed by atoms with Crippen molar-refractivity contribution in [2.24, 2.45) is 0 Å². The highest BCUT2D eigenvalue weighted by Gasteiger charge is 2.40. The molecule has 0 atom stereocenters. The number of hydrogen-bond acceptors (Lipinski definition) is 7. The number of phenolic OH excluding ortho intramolecular Hbond substituents is 1. The molecular formula is C39H55N3O3S2. The van der Waals surface area contributed by atoms with Gasteiger partial charge in [-0.15, -0.1) is 23.5 Å². The van der Waals surface area contributed by atoms with E-state index in [1.54, 1.807) is 25.7 Å². The summed E-state index contributed by atoms with van der Waals surface area (Å²) in [5, 5.41) is 11.5. The highest BCUT2D eigenvalue weighted by atomic mass is 32.2. The molecule has 0 radical (unpaired) electrons. The van der Waals surface area contributed by atoms with Crippen LogP contribution in [0.5, 0.6) is 11.5 Å². The van der Waals surface area contributed by atoms with Gasteiger partial charge in [-0.1, -0.05) is 83.1 Å². The predicted molar refractivity (Wildman–Crippen MR) is 198 cm³/mol. The molecule has 2 heterocycles. The number of nitrogens with zero attached hydrogens (tertiary/aromatic N) is 3. The highest BCUT2D eigenvalue weighted by molar-refractivity contribution is 8.18. The molecule has 8 heteroatoms. The Morgan fingerprint density at radius 2 is 1.17 bits per heavy atom. The number of benzene rings is 2. The van der Waals surface area contributed by atoms with Crippen molar-refractivity contribution in [3.8, 4) is 11.5 Å². The van der Waals surface area contributed by atoms with Gasteiger partial charge in [-0.05, 0) is 58.8 Å². The van der Waals surface area contributed by atoms with E-state index >= 15 is 0 Å². The van der Waals surface area contributed by atoms with Gasteiger partial charge in [-0.25, -0.2) is 4.98 Å². The molecule has 0 bridgehead atoms. The van der Waals surface area contributed by atoms with Crippen LogP contribution < -0.4 is 4.74 Å². The van der Waals surface area contributed by atoms with Crippen LogP contribution >= 0.6 is 23.5 Å². The first kappa shape index (κ1) is 37.1. The Hall–Kier alpha value is -2.71. The second-order valence-electron chi connectivity index (χ2n) is 16.9. The standard InChI is InChI=1S/C39H55N3O3S2/c1-35(2,3)27-20-25(21-28(32(27)43)36(4,5)6)46-39(14-18-42(19-15-39)34(44)31-24-40-16-17-41-31)47-26-22-29(37(7,8)9)33(45-13)30(23-26)38(10,11)12/h16-17,20-24,43H,14-15,18-19H2,1-13H3. The van der Waals surface area contributed by atoms with Crippen LogP contribution in [0, 0.1) is 0 Å². The van der Waals surface area contributed by atoms with Crippen LogP contribution in [-0.2, 0) is 21.7 Å². The maximum absolute atomic E-state index is 13.4. The third-order valence-corrected chi connectivity index (χ3v) is 11.8. The lowest BCUT2D eigenvalue weighted by Gasteiger charge is -2.41. The molecule has 0 unspecified atom stereocenters. The van der Waals surface area contributed by atoms with Crippen molar-refractivity contribution in [2.75, 3.05) is 20.2 Å². The first-order valence-electron chi connectivity index (χ1n) is 16.6. The van der Waals surface area contributed by atoms with Crippen molar-refractivity contribution in [3.05, 3.63) is 70.8 Å². The summed E-state index contributed by atoms with van der Waals surface area (Å²) in [5.41, 5.74) is 3.99. The maximum Gasteiger partial charge on any atom is 0.274 e. The van der Waals surface area contributed by atoms with Gasteiger partial charge in [0.15, 0.2) is 0 Å². The van der Waals surface area contributed by atoms with Crippen molar-refractivity contribution in [2.45, 2.75) is 131 Å². The number of amides is 1. The van der Waals surface area contributed by atoms with Crippen LogP contribution in [0.2, 0.25) is 0 Å². The molecule has 1 aromatic heterocycles. The van der Waals surface area contributed by atoms with Crippen LogP contribution in [-0.4, -0.2) is 50.2 Å². The van der Waals surface area contributed by atoms with E-state index in [2.05, 4.69) is 117 Å². The second kappa shape index (κ2) is 13.3. The number of carbonyl (C=O) groups is 1. The van der Waals surface area contributed by atoms with E-state index in [9.17, 15) is 9.90 Å². The molecule has 1 amide bonds. The number of piperidine rings is 1. The lowest BCUT2D eigenvalue weighted by molar-refractivity contribution is 0.0716. The summed E-state index contributed by atoms with van der Waals surface area (Å²) in [6, 6.07) is 9.00. The zero-order valence-electron chi connectivity index (χ0n) is 30.8. The van der Waals surface area contributed by atoms with Crippen molar-refractivity contribution >= 4 is 29.4 Å². The monoisotopic (exact) mass is 677 g/mol. The topological polar surface area (TPSA) is 75.6 Å². The largest absolute Gasteiger partial charge is 0.507 e. The second-order valence-corrected chi connectivity index (χ2v) is 20.1. The van der Waals surface area contributed by atoms with Gasteiger partial charge in [0.05, 0.1) is 17.4 Å². The minimum atomic E-state index is -0.265. The minimum absolute atomic E-state index is 0.0779. The molecule has 1 aliphatic rings. The molecule has 0 aliphatic carbocycles. The van der Waals surface area contributed by atoms with E-state index in [4.69, 9.17) is 4.74 Å². The normalized spacial score (nSPS) is 15.9. The first-order valence-corrected chi connectivity index (χ1v) is 18.2. The van der Waals surface area contributed by atoms with E-state index in [1.807, 2.05) is 28.4 Å². The summed E-state index contributed by atoms with van der Waals surface area (Å²) in [6.07, 6.45) is 6.28. The number of ether oxygens (including phenoxy) is 1. The smallest absolute Gasteiger partial charge is 0.274 e. The molecule has 1 N–H and O–H groups in total. The van der Waals surface area contributed by atoms with Crippen molar-refractivity contribution < 1.29 is 14.6 Å². The quantitative estimate of drug-likeness (QED) is 0.260. The molecule has 256 valence electrons. The fraction of sp³-hybridized carbons (Fsp3) is 0.564. The molecule has 2 aromatic carbocycles. The molecule has 1 saturated heterocycles. The number of thioether (sulfide) groups is 2. The van der Waals surface area contributed by atoms with Gasteiger partial charge < -0.3 is 14.7 Å². The van der Waals surface area contributed by atoms with E-state index in [0.717, 1.165) is 34.6 Å². The third kappa shape index (κ3) is 8.48. The van der Waals surface area contributed by atoms with Crippen LogP contribution in [0.4, 0.5) is 0 Å². The minimum Gasteiger partial charge on any atom is -0.507 e. The Kier molecular flexibility index (Phi) is 10.5. The lowest BCUT2D eigenvalue weighted by Crippen LogP contribution is -2.44. The van der Waals surface area contributed by atoms with E-state index in [0.29, 0.717) is 24.5 Å². The van der Waals surface area contributed by atoms with Gasteiger partial charge in [0.2, 0.25) is 0 Å². The zero-order chi connectivity index (χ0) is 35.2. The molecule has 0 saturated carbocycles. The maximum atomic E-state index is 13.4. The van der Waals surface area contributed by atoms with Gasteiger partial charge in [0.25, 0.3) is 5.91 Å². The summed E-state index contributed by atoms with van der Waals surface area (Å²) in [6.45, 7) is 27.6. The summed E-state index contributed by atoms with van der Waals surface area (Å²) in [4.78, 5) is 26.1. The first-order chi connectivity index (χ1) is 21.6. The Balaban J connectivity index is 1.84. The molecule has 1 fully saturated rings. The number of hydrogen-bond donors (Lipinski definition) is 1. The van der Waals surface area contributed by atoms with Crippen LogP contribution in [0.1, 0.15) is 129 Å². The number of aromatic nitrogens is 2. The zero-order valence-corrected chi connectivity index (χ0v) is 32.4. The average Bonchev–Trinajstić information content (AvgIpc) is 2.96. The fourth-order valence-corrected chi connectivity index (χ4v) is 9.17. The molecule has 3 aromatic rings. The van der Waals surface area contributed by atoms with Gasteiger partial charge in [0, 0.05) is 57.5 Å². The highest BCUT2D eigenvalue weighted by Crippen LogP contribution is 2.55. The Morgan fingerprint density at radius 1 is 0.745 bits per heavy atom. The summed E-state index contributed by atoms with van der Waals surface area (Å²) in [5.74, 6) is 1.27. The SMILES string of the molecule is COc1c(C(C)(C)C)cc(SC2(Sc3cc(C(C)(C)C)c(O)c(C(C)(C)C)c3)CCN(C(=O)c3cnccn3)CC2)cc1C(C)(C)C. The van der Waals surface area contributed by atoms with Gasteiger partial charge in [-0.3, -0.25) is 9.78 Å². The van der Waals surface area contributed by atoms with Crippen molar-refractivity contribution in [1.29, 1.82) is 0 Å². The van der Waals surface area contributed by atoms with Gasteiger partial charge in [0.1, 0.15) is 17.2 Å². The van der Waals surface area contributed by atoms with Crippen LogP contribution in [0.25, 0.3) is 0 Å². The summed E-state index contributed by atoms with van der Waals surface area (Å²) in [7, 11) is 1.78. The molecule has 4 rings (SSSR count). The molecule has 6 nitrogen and oxygen atoms in total. The molecule has 0 spiro atoms. The van der Waals surface area contributed by atoms with E-state index < -0.39 is 0 Å². The summed E-state index contributed by atoms with van der Waals surface area (Å²) >= 11 is 3.78. The number of likely N-dealkylation sites (tertiary alicyclic amines) is 1. The fourth-order valence-electron chi connectivity index (χ4n) is 6.08. The Bertz CT molecular complexity index is 1510. The van der Waals surface area contributed by atoms with E-state index in [1.165, 1.54) is 16.0 Å².